The van der Waals surface area contributed by atoms with Crippen LogP contribution in [0.5, 0.6) is 0 Å². The fourth-order valence-electron chi connectivity index (χ4n) is 1.72. The molecule has 2 aromatic heterocycles. The van der Waals surface area contributed by atoms with Crippen LogP contribution in [0, 0.1) is 0 Å². The molecule has 2 aromatic rings. The Labute approximate surface area is 115 Å². The van der Waals surface area contributed by atoms with Gasteiger partial charge in [-0.25, -0.2) is 9.97 Å². The average Bonchev–Trinajstić information content (AvgIpc) is 2.77. The lowest BCUT2D eigenvalue weighted by Gasteiger charge is -2.03. The number of rotatable bonds is 4. The summed E-state index contributed by atoms with van der Waals surface area (Å²) in [5.74, 6) is -0.282. The molecule has 19 heavy (non-hydrogen) atoms. The Morgan fingerprint density at radius 2 is 2.21 bits per heavy atom. The van der Waals surface area contributed by atoms with Gasteiger partial charge in [0.1, 0.15) is 10.8 Å². The van der Waals surface area contributed by atoms with Gasteiger partial charge in [-0.05, 0) is 6.42 Å². The topological polar surface area (TPSA) is 72.7 Å². The van der Waals surface area contributed by atoms with Crippen LogP contribution in [0.3, 0.4) is 0 Å². The lowest BCUT2D eigenvalue weighted by Crippen LogP contribution is -2.24. The van der Waals surface area contributed by atoms with Crippen LogP contribution in [-0.4, -0.2) is 25.7 Å². The van der Waals surface area contributed by atoms with Crippen molar-refractivity contribution in [3.8, 4) is 0 Å². The second-order valence-electron chi connectivity index (χ2n) is 4.04. The molecule has 1 amide bonds. The number of aryl methyl sites for hydroxylation is 2. The van der Waals surface area contributed by atoms with Crippen molar-refractivity contribution in [2.45, 2.75) is 19.9 Å². The molecular weight excluding hydrogens is 266 g/mol. The van der Waals surface area contributed by atoms with Gasteiger partial charge in [0.05, 0.1) is 18.1 Å². The molecule has 0 aromatic carbocycles. The van der Waals surface area contributed by atoms with Crippen LogP contribution in [0.1, 0.15) is 28.7 Å². The highest BCUT2D eigenvalue weighted by Gasteiger charge is 2.10. The van der Waals surface area contributed by atoms with Crippen molar-refractivity contribution in [2.24, 2.45) is 7.05 Å². The van der Waals surface area contributed by atoms with E-state index in [1.54, 1.807) is 4.68 Å². The molecule has 0 saturated carbocycles. The third-order valence-electron chi connectivity index (χ3n) is 2.62. The van der Waals surface area contributed by atoms with E-state index in [1.807, 2.05) is 20.2 Å². The lowest BCUT2D eigenvalue weighted by molar-refractivity contribution is 0.0945. The van der Waals surface area contributed by atoms with E-state index in [0.29, 0.717) is 6.54 Å². The van der Waals surface area contributed by atoms with Gasteiger partial charge in [0, 0.05) is 25.4 Å². The molecule has 0 atom stereocenters. The summed E-state index contributed by atoms with van der Waals surface area (Å²) in [5, 5.41) is 7.36. The second-order valence-corrected chi connectivity index (χ2v) is 4.42. The van der Waals surface area contributed by atoms with E-state index in [4.69, 9.17) is 11.6 Å². The number of carbonyl (C=O) groups is 1. The van der Waals surface area contributed by atoms with Crippen molar-refractivity contribution in [1.29, 1.82) is 0 Å². The first-order valence-electron chi connectivity index (χ1n) is 5.87. The Hall–Kier alpha value is -1.95. The molecule has 6 nitrogen and oxygen atoms in total. The van der Waals surface area contributed by atoms with Gasteiger partial charge in [0.25, 0.3) is 5.91 Å². The highest BCUT2D eigenvalue weighted by molar-refractivity contribution is 6.29. The number of nitrogens with one attached hydrogen (secondary N) is 1. The number of hydrogen-bond acceptors (Lipinski definition) is 4. The minimum atomic E-state index is -0.282. The van der Waals surface area contributed by atoms with E-state index >= 15 is 0 Å². The van der Waals surface area contributed by atoms with E-state index in [-0.39, 0.29) is 16.8 Å². The molecule has 0 spiro atoms. The molecule has 1 N–H and O–H groups in total. The van der Waals surface area contributed by atoms with Gasteiger partial charge in [0.15, 0.2) is 0 Å². The predicted octanol–water partition coefficient (Wildman–Crippen LogP) is 1.36. The first-order chi connectivity index (χ1) is 9.10. The zero-order valence-corrected chi connectivity index (χ0v) is 11.5. The molecule has 0 saturated heterocycles. The summed E-state index contributed by atoms with van der Waals surface area (Å²) < 4.78 is 1.74. The van der Waals surface area contributed by atoms with Gasteiger partial charge < -0.3 is 5.32 Å². The maximum absolute atomic E-state index is 11.9. The van der Waals surface area contributed by atoms with Crippen LogP contribution in [0.2, 0.25) is 5.15 Å². The minimum Gasteiger partial charge on any atom is -0.346 e. The average molecular weight is 280 g/mol. The Morgan fingerprint density at radius 3 is 2.84 bits per heavy atom. The van der Waals surface area contributed by atoms with E-state index in [9.17, 15) is 4.79 Å². The fourth-order valence-corrected chi connectivity index (χ4v) is 1.82. The zero-order valence-electron chi connectivity index (χ0n) is 10.7. The monoisotopic (exact) mass is 279 g/mol. The van der Waals surface area contributed by atoms with Crippen molar-refractivity contribution >= 4 is 17.5 Å². The van der Waals surface area contributed by atoms with Crippen molar-refractivity contribution in [1.82, 2.24) is 25.1 Å². The van der Waals surface area contributed by atoms with Gasteiger partial charge in [-0.3, -0.25) is 9.48 Å². The van der Waals surface area contributed by atoms with E-state index in [0.717, 1.165) is 17.7 Å². The molecule has 0 fully saturated rings. The van der Waals surface area contributed by atoms with Crippen molar-refractivity contribution in [3.63, 3.8) is 0 Å². The van der Waals surface area contributed by atoms with Gasteiger partial charge in [-0.2, -0.15) is 5.10 Å². The van der Waals surface area contributed by atoms with Crippen LogP contribution < -0.4 is 5.32 Å². The maximum atomic E-state index is 11.9. The van der Waals surface area contributed by atoms with Crippen LogP contribution in [0.15, 0.2) is 18.6 Å². The standard InChI is InChI=1S/C12H14ClN5O/c1-3-9-8(7-18(2)17-9)4-16-12(19)10-5-15-11(13)6-14-10/h5-7H,3-4H2,1-2H3,(H,16,19). The van der Waals surface area contributed by atoms with Gasteiger partial charge in [0.2, 0.25) is 0 Å². The third-order valence-corrected chi connectivity index (χ3v) is 2.81. The highest BCUT2D eigenvalue weighted by Crippen LogP contribution is 2.07. The molecule has 100 valence electrons. The summed E-state index contributed by atoms with van der Waals surface area (Å²) in [6.45, 7) is 2.44. The van der Waals surface area contributed by atoms with Gasteiger partial charge in [-0.1, -0.05) is 18.5 Å². The third kappa shape index (κ3) is 3.29. The number of aromatic nitrogens is 4. The largest absolute Gasteiger partial charge is 0.346 e. The van der Waals surface area contributed by atoms with Crippen molar-refractivity contribution in [3.05, 3.63) is 40.7 Å². The Bertz CT molecular complexity index is 578. The lowest BCUT2D eigenvalue weighted by atomic mass is 10.2. The predicted molar refractivity (Wildman–Crippen MR) is 70.8 cm³/mol. The first-order valence-corrected chi connectivity index (χ1v) is 6.25. The molecule has 0 aliphatic rings. The van der Waals surface area contributed by atoms with E-state index in [2.05, 4.69) is 20.4 Å². The summed E-state index contributed by atoms with van der Waals surface area (Å²) in [5.41, 5.74) is 2.22. The van der Waals surface area contributed by atoms with E-state index < -0.39 is 0 Å². The van der Waals surface area contributed by atoms with Crippen LogP contribution in [0.4, 0.5) is 0 Å². The summed E-state index contributed by atoms with van der Waals surface area (Å²) in [4.78, 5) is 19.6. The summed E-state index contributed by atoms with van der Waals surface area (Å²) in [6, 6.07) is 0. The molecule has 2 rings (SSSR count). The van der Waals surface area contributed by atoms with Crippen molar-refractivity contribution in [2.75, 3.05) is 0 Å². The van der Waals surface area contributed by atoms with Crippen LogP contribution >= 0.6 is 11.6 Å². The molecule has 0 unspecified atom stereocenters. The minimum absolute atomic E-state index is 0.242. The number of amides is 1. The molecular formula is C12H14ClN5O. The normalized spacial score (nSPS) is 10.5. The maximum Gasteiger partial charge on any atom is 0.271 e. The number of carbonyl (C=O) groups excluding carboxylic acids is 1. The number of halogens is 1. The molecule has 0 radical (unpaired) electrons. The summed E-state index contributed by atoms with van der Waals surface area (Å²) in [7, 11) is 1.86. The van der Waals surface area contributed by atoms with Crippen LogP contribution in [-0.2, 0) is 20.0 Å². The molecule has 0 aliphatic heterocycles. The summed E-state index contributed by atoms with van der Waals surface area (Å²) in [6.07, 6.45) is 5.42. The summed E-state index contributed by atoms with van der Waals surface area (Å²) >= 11 is 5.62. The van der Waals surface area contributed by atoms with Gasteiger partial charge >= 0.3 is 0 Å². The number of nitrogens with zero attached hydrogens (tertiary/aromatic N) is 4. The molecule has 7 heteroatoms. The van der Waals surface area contributed by atoms with Crippen molar-refractivity contribution < 1.29 is 4.79 Å². The molecule has 2 heterocycles. The molecule has 0 aliphatic carbocycles. The Balaban J connectivity index is 2.02. The van der Waals surface area contributed by atoms with Crippen LogP contribution in [0.25, 0.3) is 0 Å². The Kier molecular flexibility index (Phi) is 4.11. The zero-order chi connectivity index (χ0) is 13.8. The van der Waals surface area contributed by atoms with Gasteiger partial charge in [-0.15, -0.1) is 0 Å². The first kappa shape index (κ1) is 13.5. The fraction of sp³-hybridized carbons (Fsp3) is 0.333. The quantitative estimate of drug-likeness (QED) is 0.917. The highest BCUT2D eigenvalue weighted by atomic mass is 35.5. The SMILES string of the molecule is CCc1nn(C)cc1CNC(=O)c1cnc(Cl)cn1. The number of hydrogen-bond donors (Lipinski definition) is 1. The van der Waals surface area contributed by atoms with E-state index in [1.165, 1.54) is 12.4 Å². The molecule has 0 bridgehead atoms. The Morgan fingerprint density at radius 1 is 1.42 bits per heavy atom. The smallest absolute Gasteiger partial charge is 0.271 e. The second kappa shape index (κ2) is 5.79.